The van der Waals surface area contributed by atoms with Crippen LogP contribution in [0.15, 0.2) is 24.5 Å². The first kappa shape index (κ1) is 7.60. The monoisotopic (exact) mass is 148 g/mol. The predicted octanol–water partition coefficient (Wildman–Crippen LogP) is 0.843. The molecule has 11 heavy (non-hydrogen) atoms. The van der Waals surface area contributed by atoms with Crippen LogP contribution in [0.2, 0.25) is 0 Å². The highest BCUT2D eigenvalue weighted by Crippen LogP contribution is 1.95. The summed E-state index contributed by atoms with van der Waals surface area (Å²) in [5, 5.41) is 6.66. The Bertz CT molecular complexity index is 256. The molecule has 1 heterocycles. The number of ketones is 1. The van der Waals surface area contributed by atoms with Crippen LogP contribution in [0.3, 0.4) is 0 Å². The van der Waals surface area contributed by atoms with Crippen molar-refractivity contribution in [1.29, 1.82) is 5.41 Å². The zero-order chi connectivity index (χ0) is 8.10. The molecule has 1 N–H and O–H groups in total. The van der Waals surface area contributed by atoms with Crippen molar-refractivity contribution in [1.82, 2.24) is 4.98 Å². The van der Waals surface area contributed by atoms with Crippen molar-refractivity contribution in [2.45, 2.75) is 6.42 Å². The van der Waals surface area contributed by atoms with Crippen LogP contribution in [-0.4, -0.2) is 17.0 Å². The fourth-order valence-electron chi connectivity index (χ4n) is 0.755. The molecule has 0 aliphatic carbocycles. The number of carbonyl (C=O) groups excluding carboxylic acids is 1. The molecule has 0 saturated carbocycles. The Balaban J connectivity index is 2.65. The van der Waals surface area contributed by atoms with Gasteiger partial charge in [0.25, 0.3) is 0 Å². The molecule has 1 aromatic rings. The molecule has 0 unspecified atom stereocenters. The molecule has 0 bridgehead atoms. The maximum atomic E-state index is 10.7. The summed E-state index contributed by atoms with van der Waals surface area (Å²) in [6, 6.07) is 3.58. The third-order valence-corrected chi connectivity index (χ3v) is 1.26. The summed E-state index contributed by atoms with van der Waals surface area (Å²) in [5.41, 5.74) is 0.848. The van der Waals surface area contributed by atoms with Crippen molar-refractivity contribution in [2.24, 2.45) is 0 Å². The molecule has 0 spiro atoms. The minimum atomic E-state index is -0.196. The van der Waals surface area contributed by atoms with Gasteiger partial charge in [-0.05, 0) is 11.6 Å². The summed E-state index contributed by atoms with van der Waals surface area (Å²) in [7, 11) is 0. The number of nitrogens with zero attached hydrogens (tertiary/aromatic N) is 1. The SMILES string of the molecule is N=CC(=O)Cc1cccnc1. The Labute approximate surface area is 64.6 Å². The van der Waals surface area contributed by atoms with E-state index in [1.165, 1.54) is 0 Å². The maximum Gasteiger partial charge on any atom is 0.177 e. The molecule has 1 aromatic heterocycles. The highest BCUT2D eigenvalue weighted by atomic mass is 16.1. The molecule has 0 amide bonds. The van der Waals surface area contributed by atoms with E-state index in [4.69, 9.17) is 5.41 Å². The largest absolute Gasteiger partial charge is 0.305 e. The van der Waals surface area contributed by atoms with Gasteiger partial charge in [0, 0.05) is 18.8 Å². The van der Waals surface area contributed by atoms with E-state index >= 15 is 0 Å². The van der Waals surface area contributed by atoms with Crippen molar-refractivity contribution in [3.8, 4) is 0 Å². The molecule has 3 heteroatoms. The zero-order valence-corrected chi connectivity index (χ0v) is 5.95. The molecule has 1 rings (SSSR count). The maximum absolute atomic E-state index is 10.7. The lowest BCUT2D eigenvalue weighted by Crippen LogP contribution is -2.02. The van der Waals surface area contributed by atoms with Crippen LogP contribution in [0.25, 0.3) is 0 Å². The van der Waals surface area contributed by atoms with E-state index in [1.807, 2.05) is 6.07 Å². The van der Waals surface area contributed by atoms with E-state index in [-0.39, 0.29) is 12.2 Å². The van der Waals surface area contributed by atoms with E-state index in [1.54, 1.807) is 18.5 Å². The number of pyridine rings is 1. The summed E-state index contributed by atoms with van der Waals surface area (Å²) in [4.78, 5) is 14.6. The summed E-state index contributed by atoms with van der Waals surface area (Å²) < 4.78 is 0. The number of aromatic nitrogens is 1. The molecule has 0 aromatic carbocycles. The van der Waals surface area contributed by atoms with Crippen molar-refractivity contribution >= 4 is 12.0 Å². The second kappa shape index (κ2) is 3.61. The second-order valence-corrected chi connectivity index (χ2v) is 2.15. The third kappa shape index (κ3) is 2.29. The van der Waals surface area contributed by atoms with Gasteiger partial charge in [-0.15, -0.1) is 0 Å². The van der Waals surface area contributed by atoms with Crippen molar-refractivity contribution in [3.63, 3.8) is 0 Å². The normalized spacial score (nSPS) is 9.09. The Hall–Kier alpha value is -1.51. The third-order valence-electron chi connectivity index (χ3n) is 1.26. The van der Waals surface area contributed by atoms with E-state index in [0.29, 0.717) is 0 Å². The average Bonchev–Trinajstić information content (AvgIpc) is 2.06. The average molecular weight is 148 g/mol. The standard InChI is InChI=1S/C8H8N2O/c9-5-8(11)4-7-2-1-3-10-6-7/h1-3,5-6,9H,4H2. The topological polar surface area (TPSA) is 53.8 Å². The minimum absolute atomic E-state index is 0.196. The fraction of sp³-hybridized carbons (Fsp3) is 0.125. The summed E-state index contributed by atoms with van der Waals surface area (Å²) in [6.07, 6.45) is 4.38. The lowest BCUT2D eigenvalue weighted by atomic mass is 10.1. The van der Waals surface area contributed by atoms with Gasteiger partial charge in [-0.1, -0.05) is 6.07 Å². The molecule has 0 aliphatic heterocycles. The van der Waals surface area contributed by atoms with E-state index in [0.717, 1.165) is 11.8 Å². The molecule has 0 aliphatic rings. The molecule has 0 fully saturated rings. The predicted molar refractivity (Wildman–Crippen MR) is 41.7 cm³/mol. The van der Waals surface area contributed by atoms with E-state index < -0.39 is 0 Å². The quantitative estimate of drug-likeness (QED) is 0.646. The van der Waals surface area contributed by atoms with Gasteiger partial charge < -0.3 is 5.41 Å². The smallest absolute Gasteiger partial charge is 0.177 e. The van der Waals surface area contributed by atoms with Crippen LogP contribution in [0.5, 0.6) is 0 Å². The van der Waals surface area contributed by atoms with Crippen LogP contribution >= 0.6 is 0 Å². The Morgan fingerprint density at radius 3 is 3.09 bits per heavy atom. The van der Waals surface area contributed by atoms with Gasteiger partial charge >= 0.3 is 0 Å². The zero-order valence-electron chi connectivity index (χ0n) is 5.95. The Morgan fingerprint density at radius 2 is 2.55 bits per heavy atom. The number of rotatable bonds is 3. The Kier molecular flexibility index (Phi) is 2.49. The van der Waals surface area contributed by atoms with Gasteiger partial charge in [0.15, 0.2) is 5.78 Å². The first-order valence-electron chi connectivity index (χ1n) is 3.25. The van der Waals surface area contributed by atoms with Crippen molar-refractivity contribution < 1.29 is 4.79 Å². The number of nitrogens with one attached hydrogen (secondary N) is 1. The van der Waals surface area contributed by atoms with Crippen LogP contribution in [0, 0.1) is 5.41 Å². The Morgan fingerprint density at radius 1 is 1.73 bits per heavy atom. The number of hydrogen-bond donors (Lipinski definition) is 1. The van der Waals surface area contributed by atoms with Crippen LogP contribution < -0.4 is 0 Å². The van der Waals surface area contributed by atoms with Crippen LogP contribution in [-0.2, 0) is 11.2 Å². The van der Waals surface area contributed by atoms with Crippen molar-refractivity contribution in [2.75, 3.05) is 0 Å². The molecule has 56 valence electrons. The highest BCUT2D eigenvalue weighted by molar-refractivity contribution is 6.26. The van der Waals surface area contributed by atoms with Gasteiger partial charge in [0.2, 0.25) is 0 Å². The molecular formula is C8H8N2O. The first-order valence-corrected chi connectivity index (χ1v) is 3.25. The summed E-state index contributed by atoms with van der Waals surface area (Å²) >= 11 is 0. The molecular weight excluding hydrogens is 140 g/mol. The minimum Gasteiger partial charge on any atom is -0.305 e. The highest BCUT2D eigenvalue weighted by Gasteiger charge is 1.97. The lowest BCUT2D eigenvalue weighted by molar-refractivity contribution is -0.112. The van der Waals surface area contributed by atoms with Gasteiger partial charge in [-0.25, -0.2) is 0 Å². The van der Waals surface area contributed by atoms with Crippen LogP contribution in [0.1, 0.15) is 5.56 Å². The molecule has 0 atom stereocenters. The molecule has 0 radical (unpaired) electrons. The number of hydrogen-bond acceptors (Lipinski definition) is 3. The number of carbonyl (C=O) groups is 1. The van der Waals surface area contributed by atoms with E-state index in [2.05, 4.69) is 4.98 Å². The molecule has 0 saturated heterocycles. The van der Waals surface area contributed by atoms with Gasteiger partial charge in [0.1, 0.15) is 0 Å². The van der Waals surface area contributed by atoms with Crippen molar-refractivity contribution in [3.05, 3.63) is 30.1 Å². The lowest BCUT2D eigenvalue weighted by Gasteiger charge is -1.93. The van der Waals surface area contributed by atoms with E-state index in [9.17, 15) is 4.79 Å². The van der Waals surface area contributed by atoms with Gasteiger partial charge in [-0.3, -0.25) is 9.78 Å². The first-order chi connectivity index (χ1) is 5.33. The summed E-state index contributed by atoms with van der Waals surface area (Å²) in [6.45, 7) is 0. The van der Waals surface area contributed by atoms with Gasteiger partial charge in [-0.2, -0.15) is 0 Å². The summed E-state index contributed by atoms with van der Waals surface area (Å²) in [5.74, 6) is -0.196. The number of Topliss-reactive ketones (excluding diaryl/α,β-unsaturated/α-hetero) is 1. The molecule has 3 nitrogen and oxygen atoms in total. The fourth-order valence-corrected chi connectivity index (χ4v) is 0.755. The van der Waals surface area contributed by atoms with Gasteiger partial charge in [0.05, 0.1) is 6.21 Å². The van der Waals surface area contributed by atoms with Crippen LogP contribution in [0.4, 0.5) is 0 Å². The second-order valence-electron chi connectivity index (χ2n) is 2.15.